The molecule has 3 aromatic rings. The Morgan fingerprint density at radius 3 is 2.24 bits per heavy atom. The zero-order valence-electron chi connectivity index (χ0n) is 19.2. The average Bonchev–Trinajstić information content (AvgIpc) is 3.37. The maximum absolute atomic E-state index is 14.6. The van der Waals surface area contributed by atoms with E-state index in [2.05, 4.69) is 5.32 Å². The number of nitrogens with one attached hydrogen (secondary N) is 1. The second-order valence-corrected chi connectivity index (χ2v) is 9.07. The van der Waals surface area contributed by atoms with Gasteiger partial charge in [0.25, 0.3) is 5.69 Å². The maximum Gasteiger partial charge on any atom is 0.269 e. The van der Waals surface area contributed by atoms with Crippen LogP contribution >= 0.6 is 0 Å². The number of nitrogens with zero attached hydrogens (tertiary/aromatic N) is 3. The summed E-state index contributed by atoms with van der Waals surface area (Å²) < 4.78 is 14.6. The van der Waals surface area contributed by atoms with Crippen LogP contribution in [0.2, 0.25) is 0 Å². The summed E-state index contributed by atoms with van der Waals surface area (Å²) in [7, 11) is 0. The van der Waals surface area contributed by atoms with Crippen LogP contribution in [0.15, 0.2) is 78.9 Å². The number of fused-ring (bicyclic) bond motifs is 5. The van der Waals surface area contributed by atoms with Crippen molar-refractivity contribution in [3.63, 3.8) is 0 Å². The standard InChI is InChI=1S/C27H19FN4O5/c28-18-6-2-4-8-20(18)31-26(34)22-21-14-9-15-5-1-3-7-19(15)30(21)24(23(22)27(31)35)25(33)29-16-10-12-17(13-11-16)32(36)37/h1-14,21-24H,(H,29,33)/t21-,22-,23-,24+/m0/s1. The zero-order chi connectivity index (χ0) is 25.8. The molecule has 0 radical (unpaired) electrons. The van der Waals surface area contributed by atoms with E-state index in [1.54, 1.807) is 11.0 Å². The van der Waals surface area contributed by atoms with Crippen LogP contribution < -0.4 is 15.1 Å². The van der Waals surface area contributed by atoms with Gasteiger partial charge in [-0.25, -0.2) is 9.29 Å². The highest BCUT2D eigenvalue weighted by atomic mass is 19.1. The van der Waals surface area contributed by atoms with Crippen molar-refractivity contribution in [1.82, 2.24) is 0 Å². The van der Waals surface area contributed by atoms with Crippen LogP contribution in [0.5, 0.6) is 0 Å². The van der Waals surface area contributed by atoms with Gasteiger partial charge in [-0.3, -0.25) is 24.5 Å². The molecule has 3 aromatic carbocycles. The number of non-ortho nitro benzene ring substituents is 1. The van der Waals surface area contributed by atoms with Crippen molar-refractivity contribution in [1.29, 1.82) is 0 Å². The molecule has 0 unspecified atom stereocenters. The maximum atomic E-state index is 14.6. The van der Waals surface area contributed by atoms with Crippen molar-refractivity contribution in [3.8, 4) is 0 Å². The number of para-hydroxylation sites is 2. The minimum atomic E-state index is -1.08. The molecule has 6 rings (SSSR count). The fourth-order valence-electron chi connectivity index (χ4n) is 5.57. The van der Waals surface area contributed by atoms with Crippen molar-refractivity contribution in [2.45, 2.75) is 12.1 Å². The Hall–Kier alpha value is -4.86. The number of hydrogen-bond acceptors (Lipinski definition) is 6. The molecule has 37 heavy (non-hydrogen) atoms. The number of rotatable bonds is 4. The summed E-state index contributed by atoms with van der Waals surface area (Å²) in [5.74, 6) is -4.44. The van der Waals surface area contributed by atoms with Crippen molar-refractivity contribution < 1.29 is 23.7 Å². The van der Waals surface area contributed by atoms with Crippen LogP contribution in [0.4, 0.5) is 27.1 Å². The largest absolute Gasteiger partial charge is 0.351 e. The van der Waals surface area contributed by atoms with Gasteiger partial charge < -0.3 is 10.2 Å². The molecular weight excluding hydrogens is 479 g/mol. The first-order chi connectivity index (χ1) is 17.9. The number of carbonyl (C=O) groups excluding carboxylic acids is 3. The first kappa shape index (κ1) is 22.6. The highest BCUT2D eigenvalue weighted by molar-refractivity contribution is 6.25. The number of benzene rings is 3. The minimum Gasteiger partial charge on any atom is -0.351 e. The van der Waals surface area contributed by atoms with E-state index < -0.39 is 52.4 Å². The fourth-order valence-corrected chi connectivity index (χ4v) is 5.57. The summed E-state index contributed by atoms with van der Waals surface area (Å²) in [5, 5.41) is 13.7. The molecule has 3 aliphatic rings. The van der Waals surface area contributed by atoms with Crippen molar-refractivity contribution in [2.24, 2.45) is 11.8 Å². The van der Waals surface area contributed by atoms with Crippen molar-refractivity contribution in [3.05, 3.63) is 100 Å². The predicted molar refractivity (Wildman–Crippen MR) is 133 cm³/mol. The van der Waals surface area contributed by atoms with E-state index in [0.717, 1.165) is 10.5 Å². The molecule has 0 spiro atoms. The highest BCUT2D eigenvalue weighted by Gasteiger charge is 2.64. The second kappa shape index (κ2) is 8.37. The number of nitro groups is 1. The van der Waals surface area contributed by atoms with Gasteiger partial charge >= 0.3 is 0 Å². The second-order valence-electron chi connectivity index (χ2n) is 9.07. The number of halogens is 1. The average molecular weight is 498 g/mol. The Morgan fingerprint density at radius 2 is 1.54 bits per heavy atom. The Balaban J connectivity index is 1.42. The third-order valence-corrected chi connectivity index (χ3v) is 7.12. The molecule has 1 N–H and O–H groups in total. The van der Waals surface area contributed by atoms with E-state index >= 15 is 0 Å². The van der Waals surface area contributed by atoms with E-state index in [1.165, 1.54) is 48.5 Å². The van der Waals surface area contributed by atoms with Crippen LogP contribution in [-0.2, 0) is 14.4 Å². The third kappa shape index (κ3) is 3.40. The lowest BCUT2D eigenvalue weighted by Gasteiger charge is -2.36. The number of amides is 3. The normalized spacial score (nSPS) is 23.5. The van der Waals surface area contributed by atoms with E-state index in [-0.39, 0.29) is 11.4 Å². The predicted octanol–water partition coefficient (Wildman–Crippen LogP) is 3.76. The molecule has 3 amide bonds. The molecule has 0 aromatic heterocycles. The number of nitro benzene ring substituents is 1. The Bertz CT molecular complexity index is 1500. The Morgan fingerprint density at radius 1 is 0.892 bits per heavy atom. The lowest BCUT2D eigenvalue weighted by molar-refractivity contribution is -0.384. The van der Waals surface area contributed by atoms with Gasteiger partial charge in [-0.05, 0) is 35.9 Å². The summed E-state index contributed by atoms with van der Waals surface area (Å²) in [4.78, 5) is 54.2. The molecule has 4 atom stereocenters. The van der Waals surface area contributed by atoms with Gasteiger partial charge in [-0.2, -0.15) is 0 Å². The molecular formula is C27H19FN4O5. The summed E-state index contributed by atoms with van der Waals surface area (Å²) in [6, 6.07) is 16.5. The van der Waals surface area contributed by atoms with Crippen LogP contribution in [0, 0.1) is 27.8 Å². The van der Waals surface area contributed by atoms with Crippen molar-refractivity contribution >= 4 is 46.5 Å². The van der Waals surface area contributed by atoms with Crippen molar-refractivity contribution in [2.75, 3.05) is 15.1 Å². The summed E-state index contributed by atoms with van der Waals surface area (Å²) in [6.07, 6.45) is 3.66. The molecule has 0 saturated carbocycles. The van der Waals surface area contributed by atoms with Gasteiger partial charge in [0.1, 0.15) is 11.9 Å². The molecule has 3 heterocycles. The molecule has 3 aliphatic heterocycles. The first-order valence-electron chi connectivity index (χ1n) is 11.6. The molecule has 0 aliphatic carbocycles. The molecule has 184 valence electrons. The lowest BCUT2D eigenvalue weighted by Crippen LogP contribution is -2.50. The van der Waals surface area contributed by atoms with E-state index in [4.69, 9.17) is 0 Å². The van der Waals surface area contributed by atoms with E-state index in [1.807, 2.05) is 30.3 Å². The smallest absolute Gasteiger partial charge is 0.269 e. The van der Waals surface area contributed by atoms with Gasteiger partial charge in [0, 0.05) is 23.5 Å². The number of imide groups is 1. The van der Waals surface area contributed by atoms with E-state index in [9.17, 15) is 28.9 Å². The first-order valence-corrected chi connectivity index (χ1v) is 11.6. The van der Waals surface area contributed by atoms with Crippen LogP contribution in [-0.4, -0.2) is 34.7 Å². The van der Waals surface area contributed by atoms with Gasteiger partial charge in [0.2, 0.25) is 17.7 Å². The Labute approximate surface area is 209 Å². The van der Waals surface area contributed by atoms with Crippen LogP contribution in [0.3, 0.4) is 0 Å². The van der Waals surface area contributed by atoms with Gasteiger partial charge in [-0.15, -0.1) is 0 Å². The van der Waals surface area contributed by atoms with Gasteiger partial charge in [-0.1, -0.05) is 42.5 Å². The van der Waals surface area contributed by atoms with E-state index in [0.29, 0.717) is 11.4 Å². The molecule has 2 fully saturated rings. The monoisotopic (exact) mass is 498 g/mol. The quantitative estimate of drug-likeness (QED) is 0.333. The minimum absolute atomic E-state index is 0.133. The lowest BCUT2D eigenvalue weighted by atomic mass is 9.88. The highest BCUT2D eigenvalue weighted by Crippen LogP contribution is 2.49. The summed E-state index contributed by atoms with van der Waals surface area (Å²) >= 11 is 0. The third-order valence-electron chi connectivity index (χ3n) is 7.12. The molecule has 0 bridgehead atoms. The number of carbonyl (C=O) groups is 3. The van der Waals surface area contributed by atoms with Gasteiger partial charge in [0.15, 0.2) is 0 Å². The number of hydrogen-bond donors (Lipinski definition) is 1. The topological polar surface area (TPSA) is 113 Å². The number of anilines is 3. The SMILES string of the molecule is O=C(Nc1ccc([N+](=O)[O-])cc1)[C@H]1[C@H]2C(=O)N(c3ccccc3F)C(=O)[C@H]2[C@@H]2C=Cc3ccccc3N21. The summed E-state index contributed by atoms with van der Waals surface area (Å²) in [6.45, 7) is 0. The van der Waals surface area contributed by atoms with Gasteiger partial charge in [0.05, 0.1) is 28.5 Å². The van der Waals surface area contributed by atoms with Crippen LogP contribution in [0.1, 0.15) is 5.56 Å². The summed E-state index contributed by atoms with van der Waals surface area (Å²) in [5.41, 5.74) is 1.56. The molecule has 9 nitrogen and oxygen atoms in total. The molecule has 10 heteroatoms. The Kier molecular flexibility index (Phi) is 5.11. The van der Waals surface area contributed by atoms with Crippen LogP contribution in [0.25, 0.3) is 6.08 Å². The zero-order valence-corrected chi connectivity index (χ0v) is 19.2. The molecule has 2 saturated heterocycles. The fraction of sp³-hybridized carbons (Fsp3) is 0.148.